The first kappa shape index (κ1) is 21.2. The normalized spacial score (nSPS) is 25.5. The summed E-state index contributed by atoms with van der Waals surface area (Å²) in [7, 11) is -3.47. The van der Waals surface area contributed by atoms with E-state index in [0.717, 1.165) is 52.1 Å². The second-order valence-corrected chi connectivity index (χ2v) is 11.5. The molecule has 1 aromatic heterocycles. The van der Waals surface area contributed by atoms with Gasteiger partial charge in [0.25, 0.3) is 10.0 Å². The van der Waals surface area contributed by atoms with Crippen molar-refractivity contribution in [3.05, 3.63) is 17.5 Å². The molecule has 1 aromatic rings. The van der Waals surface area contributed by atoms with Crippen LogP contribution in [0.5, 0.6) is 0 Å². The van der Waals surface area contributed by atoms with E-state index in [4.69, 9.17) is 0 Å². The van der Waals surface area contributed by atoms with Crippen LogP contribution in [0, 0.1) is 5.92 Å². The van der Waals surface area contributed by atoms with Crippen molar-refractivity contribution in [1.82, 2.24) is 19.0 Å². The molecule has 3 aliphatic heterocycles. The lowest BCUT2D eigenvalue weighted by Gasteiger charge is -2.39. The molecule has 0 aliphatic carbocycles. The van der Waals surface area contributed by atoms with Crippen LogP contribution >= 0.6 is 11.3 Å². The molecule has 4 heterocycles. The summed E-state index contributed by atoms with van der Waals surface area (Å²) in [5.74, 6) is -0.0788. The van der Waals surface area contributed by atoms with E-state index in [1.54, 1.807) is 17.5 Å². The molecule has 162 valence electrons. The number of piperazine rings is 1. The van der Waals surface area contributed by atoms with E-state index in [0.29, 0.717) is 17.3 Å². The molecule has 0 aromatic carbocycles. The molecule has 1 amide bonds. The number of hydrogen-bond donors (Lipinski definition) is 0. The first-order valence-electron chi connectivity index (χ1n) is 10.8. The first-order chi connectivity index (χ1) is 14.0. The maximum Gasteiger partial charge on any atom is 0.252 e. The molecule has 4 rings (SSSR count). The predicted octanol–water partition coefficient (Wildman–Crippen LogP) is 1.39. The number of carbonyl (C=O) groups is 1. The van der Waals surface area contributed by atoms with E-state index in [-0.39, 0.29) is 11.8 Å². The van der Waals surface area contributed by atoms with Crippen LogP contribution in [0.2, 0.25) is 0 Å². The summed E-state index contributed by atoms with van der Waals surface area (Å²) in [5, 5.41) is 1.78. The summed E-state index contributed by atoms with van der Waals surface area (Å²) in [5.41, 5.74) is 0. The molecule has 0 radical (unpaired) electrons. The third-order valence-electron chi connectivity index (χ3n) is 6.44. The lowest BCUT2D eigenvalue weighted by Crippen LogP contribution is -2.53. The Morgan fingerprint density at radius 3 is 2.31 bits per heavy atom. The van der Waals surface area contributed by atoms with E-state index in [2.05, 4.69) is 9.80 Å². The van der Waals surface area contributed by atoms with Crippen molar-refractivity contribution in [2.45, 2.75) is 29.9 Å². The summed E-state index contributed by atoms with van der Waals surface area (Å²) in [6, 6.07) is 3.40. The van der Waals surface area contributed by atoms with Crippen molar-refractivity contribution in [3.8, 4) is 0 Å². The lowest BCUT2D eigenvalue weighted by atomic mass is 9.98. The van der Waals surface area contributed by atoms with Gasteiger partial charge in [-0.1, -0.05) is 6.07 Å². The van der Waals surface area contributed by atoms with Gasteiger partial charge >= 0.3 is 0 Å². The molecule has 3 saturated heterocycles. The molecule has 0 saturated carbocycles. The van der Waals surface area contributed by atoms with Gasteiger partial charge in [0.1, 0.15) is 4.21 Å². The molecule has 0 unspecified atom stereocenters. The van der Waals surface area contributed by atoms with Crippen LogP contribution in [0.3, 0.4) is 0 Å². The van der Waals surface area contributed by atoms with Crippen molar-refractivity contribution in [3.63, 3.8) is 0 Å². The van der Waals surface area contributed by atoms with E-state index < -0.39 is 10.0 Å². The van der Waals surface area contributed by atoms with Gasteiger partial charge in [0.15, 0.2) is 0 Å². The highest BCUT2D eigenvalue weighted by Gasteiger charge is 2.36. The zero-order chi connectivity index (χ0) is 20.3. The van der Waals surface area contributed by atoms with Gasteiger partial charge in [-0.15, -0.1) is 11.3 Å². The van der Waals surface area contributed by atoms with Crippen LogP contribution in [0.15, 0.2) is 21.7 Å². The number of thiophene rings is 1. The van der Waals surface area contributed by atoms with Crippen LogP contribution < -0.4 is 0 Å². The largest absolute Gasteiger partial charge is 0.340 e. The van der Waals surface area contributed by atoms with Crippen molar-refractivity contribution >= 4 is 27.3 Å². The van der Waals surface area contributed by atoms with Gasteiger partial charge < -0.3 is 9.80 Å². The minimum Gasteiger partial charge on any atom is -0.340 e. The van der Waals surface area contributed by atoms with Crippen molar-refractivity contribution in [2.24, 2.45) is 5.92 Å². The molecule has 3 aliphatic rings. The molecule has 0 spiro atoms. The Morgan fingerprint density at radius 2 is 1.66 bits per heavy atom. The number of sulfonamides is 1. The minimum atomic E-state index is -3.47. The van der Waals surface area contributed by atoms with Gasteiger partial charge in [-0.2, -0.15) is 4.31 Å². The fraction of sp³-hybridized carbons (Fsp3) is 0.750. The van der Waals surface area contributed by atoms with Crippen LogP contribution in [0.25, 0.3) is 0 Å². The van der Waals surface area contributed by atoms with Crippen molar-refractivity contribution in [2.75, 3.05) is 65.4 Å². The van der Waals surface area contributed by atoms with Crippen LogP contribution in [-0.2, 0) is 14.8 Å². The highest BCUT2D eigenvalue weighted by atomic mass is 32.2. The monoisotopic (exact) mass is 440 g/mol. The van der Waals surface area contributed by atoms with Crippen molar-refractivity contribution < 1.29 is 13.2 Å². The molecule has 7 nitrogen and oxygen atoms in total. The van der Waals surface area contributed by atoms with Crippen LogP contribution in [-0.4, -0.2) is 98.8 Å². The second kappa shape index (κ2) is 9.43. The van der Waals surface area contributed by atoms with Gasteiger partial charge in [-0.25, -0.2) is 8.42 Å². The standard InChI is InChI=1S/C20H32N4O3S2/c25-20(23-14-12-22(13-15-23)11-10-21-7-1-2-8-21)18-5-3-9-24(17-18)29(26,27)19-6-4-16-28-19/h4,6,16,18H,1-3,5,7-15,17H2/t18-/m1/s1. The number of carbonyl (C=O) groups excluding carboxylic acids is 1. The van der Waals surface area contributed by atoms with Crippen LogP contribution in [0.1, 0.15) is 25.7 Å². The topological polar surface area (TPSA) is 64.2 Å². The maximum absolute atomic E-state index is 13.1. The number of likely N-dealkylation sites (tertiary alicyclic amines) is 1. The highest BCUT2D eigenvalue weighted by Crippen LogP contribution is 2.27. The molecule has 29 heavy (non-hydrogen) atoms. The molecular formula is C20H32N4O3S2. The fourth-order valence-electron chi connectivity index (χ4n) is 4.64. The summed E-state index contributed by atoms with van der Waals surface area (Å²) in [6.45, 7) is 8.84. The number of rotatable bonds is 6. The Hall–Kier alpha value is -1.00. The van der Waals surface area contributed by atoms with Crippen LogP contribution in [0.4, 0.5) is 0 Å². The number of piperidine rings is 1. The molecule has 9 heteroatoms. The zero-order valence-electron chi connectivity index (χ0n) is 17.0. The predicted molar refractivity (Wildman–Crippen MR) is 114 cm³/mol. The molecule has 3 fully saturated rings. The third-order valence-corrected chi connectivity index (χ3v) is 9.68. The Bertz CT molecular complexity index is 770. The van der Waals surface area contributed by atoms with Gasteiger partial charge in [-0.05, 0) is 50.2 Å². The smallest absolute Gasteiger partial charge is 0.252 e. The van der Waals surface area contributed by atoms with Gasteiger partial charge in [0.2, 0.25) is 5.91 Å². The Balaban J connectivity index is 1.27. The molecule has 0 N–H and O–H groups in total. The van der Waals surface area contributed by atoms with E-state index in [1.165, 1.54) is 41.6 Å². The first-order valence-corrected chi connectivity index (χ1v) is 13.1. The lowest BCUT2D eigenvalue weighted by molar-refractivity contribution is -0.138. The Morgan fingerprint density at radius 1 is 0.966 bits per heavy atom. The maximum atomic E-state index is 13.1. The van der Waals surface area contributed by atoms with E-state index >= 15 is 0 Å². The van der Waals surface area contributed by atoms with Crippen molar-refractivity contribution in [1.29, 1.82) is 0 Å². The Kier molecular flexibility index (Phi) is 6.91. The average Bonchev–Trinajstić information content (AvgIpc) is 3.46. The van der Waals surface area contributed by atoms with E-state index in [9.17, 15) is 13.2 Å². The summed E-state index contributed by atoms with van der Waals surface area (Å²) < 4.78 is 27.5. The number of amides is 1. The third kappa shape index (κ3) is 5.02. The number of hydrogen-bond acceptors (Lipinski definition) is 6. The minimum absolute atomic E-state index is 0.135. The summed E-state index contributed by atoms with van der Waals surface area (Å²) >= 11 is 1.24. The second-order valence-electron chi connectivity index (χ2n) is 8.35. The summed E-state index contributed by atoms with van der Waals surface area (Å²) in [4.78, 5) is 20.0. The highest BCUT2D eigenvalue weighted by molar-refractivity contribution is 7.91. The Labute approximate surface area is 178 Å². The van der Waals surface area contributed by atoms with Gasteiger partial charge in [0.05, 0.1) is 5.92 Å². The quantitative estimate of drug-likeness (QED) is 0.669. The van der Waals surface area contributed by atoms with Gasteiger partial charge in [0, 0.05) is 52.4 Å². The SMILES string of the molecule is O=C([C@@H]1CCCN(S(=O)(=O)c2cccs2)C1)N1CCN(CCN2CCCC2)CC1. The zero-order valence-corrected chi connectivity index (χ0v) is 18.7. The fourth-order valence-corrected chi connectivity index (χ4v) is 7.31. The molecular weight excluding hydrogens is 408 g/mol. The van der Waals surface area contributed by atoms with Gasteiger partial charge in [-0.3, -0.25) is 9.69 Å². The average molecular weight is 441 g/mol. The summed E-state index contributed by atoms with van der Waals surface area (Å²) in [6.07, 6.45) is 4.17. The number of nitrogens with zero attached hydrogens (tertiary/aromatic N) is 4. The molecule has 1 atom stereocenters. The molecule has 0 bridgehead atoms. The van der Waals surface area contributed by atoms with E-state index in [1.807, 2.05) is 4.90 Å².